The van der Waals surface area contributed by atoms with Crippen LogP contribution in [0.5, 0.6) is 0 Å². The number of carbonyl (C=O) groups excluding carboxylic acids is 3. The Morgan fingerprint density at radius 3 is 2.29 bits per heavy atom. The van der Waals surface area contributed by atoms with Gasteiger partial charge in [-0.05, 0) is 43.1 Å². The molecule has 0 radical (unpaired) electrons. The first-order valence-corrected chi connectivity index (χ1v) is 8.62. The van der Waals surface area contributed by atoms with Crippen molar-refractivity contribution in [2.24, 2.45) is 17.8 Å². The third kappa shape index (κ3) is 2.95. The summed E-state index contributed by atoms with van der Waals surface area (Å²) in [6.45, 7) is 8.79. The van der Waals surface area contributed by atoms with Crippen LogP contribution < -0.4 is 0 Å². The minimum absolute atomic E-state index is 0.0123. The molecule has 2 aliphatic heterocycles. The van der Waals surface area contributed by atoms with Crippen LogP contribution in [-0.2, 0) is 14.4 Å². The van der Waals surface area contributed by atoms with Gasteiger partial charge in [0.1, 0.15) is 0 Å². The number of amides is 3. The van der Waals surface area contributed by atoms with Gasteiger partial charge in [-0.2, -0.15) is 0 Å². The molecule has 0 aromatic rings. The maximum atomic E-state index is 12.0. The molecule has 4 atom stereocenters. The average molecular weight is 328 g/mol. The fraction of sp³-hybridized carbons (Fsp3) is 0.526. The first-order chi connectivity index (χ1) is 11.4. The lowest BCUT2D eigenvalue weighted by Gasteiger charge is -2.41. The van der Waals surface area contributed by atoms with Gasteiger partial charge in [0.25, 0.3) is 17.7 Å². The molecule has 0 bridgehead atoms. The van der Waals surface area contributed by atoms with E-state index in [1.165, 1.54) is 17.1 Å². The van der Waals surface area contributed by atoms with Gasteiger partial charge in [-0.3, -0.25) is 19.3 Å². The number of imide groups is 1. The van der Waals surface area contributed by atoms with E-state index in [4.69, 9.17) is 0 Å². The van der Waals surface area contributed by atoms with Crippen molar-refractivity contribution in [1.29, 1.82) is 0 Å². The summed E-state index contributed by atoms with van der Waals surface area (Å²) in [6, 6.07) is -0.0446. The molecule has 0 spiro atoms. The van der Waals surface area contributed by atoms with Gasteiger partial charge in [0, 0.05) is 36.5 Å². The SMILES string of the molecule is C=C1C=CC(=O)N1CC(C)C1CCC(C)C(N2C(=O)C=CC2=O)C1. The second-order valence-electron chi connectivity index (χ2n) is 7.25. The second-order valence-corrected chi connectivity index (χ2v) is 7.25. The molecule has 0 aromatic heterocycles. The van der Waals surface area contributed by atoms with E-state index in [2.05, 4.69) is 20.4 Å². The maximum Gasteiger partial charge on any atom is 0.253 e. The van der Waals surface area contributed by atoms with Crippen LogP contribution in [0, 0.1) is 17.8 Å². The van der Waals surface area contributed by atoms with Crippen molar-refractivity contribution >= 4 is 17.7 Å². The quantitative estimate of drug-likeness (QED) is 0.744. The second kappa shape index (κ2) is 6.38. The highest BCUT2D eigenvalue weighted by atomic mass is 16.2. The summed E-state index contributed by atoms with van der Waals surface area (Å²) >= 11 is 0. The molecule has 4 unspecified atom stereocenters. The van der Waals surface area contributed by atoms with Gasteiger partial charge >= 0.3 is 0 Å². The largest absolute Gasteiger partial charge is 0.309 e. The van der Waals surface area contributed by atoms with Gasteiger partial charge in [0.05, 0.1) is 0 Å². The van der Waals surface area contributed by atoms with Crippen LogP contribution in [0.15, 0.2) is 36.6 Å². The molecule has 128 valence electrons. The van der Waals surface area contributed by atoms with E-state index in [0.29, 0.717) is 24.3 Å². The summed E-state index contributed by atoms with van der Waals surface area (Å²) in [7, 11) is 0. The number of hydrogen-bond acceptors (Lipinski definition) is 3. The summed E-state index contributed by atoms with van der Waals surface area (Å²) in [6.07, 6.45) is 8.88. The smallest absolute Gasteiger partial charge is 0.253 e. The minimum atomic E-state index is -0.197. The molecule has 1 saturated carbocycles. The van der Waals surface area contributed by atoms with Gasteiger partial charge in [0.15, 0.2) is 0 Å². The molecule has 0 aromatic carbocycles. The van der Waals surface area contributed by atoms with Crippen LogP contribution in [0.4, 0.5) is 0 Å². The zero-order chi connectivity index (χ0) is 17.4. The number of carbonyl (C=O) groups is 3. The van der Waals surface area contributed by atoms with E-state index in [1.807, 2.05) is 0 Å². The topological polar surface area (TPSA) is 57.7 Å². The van der Waals surface area contributed by atoms with Crippen molar-refractivity contribution in [3.63, 3.8) is 0 Å². The Morgan fingerprint density at radius 1 is 1.08 bits per heavy atom. The first kappa shape index (κ1) is 16.7. The lowest BCUT2D eigenvalue weighted by atomic mass is 9.73. The summed E-state index contributed by atoms with van der Waals surface area (Å²) in [5.41, 5.74) is 0.738. The molecule has 3 rings (SSSR count). The summed E-state index contributed by atoms with van der Waals surface area (Å²) in [5, 5.41) is 0. The highest BCUT2D eigenvalue weighted by Gasteiger charge is 2.40. The number of hydrogen-bond donors (Lipinski definition) is 0. The van der Waals surface area contributed by atoms with Crippen molar-refractivity contribution < 1.29 is 14.4 Å². The predicted octanol–water partition coefficient (Wildman–Crippen LogP) is 2.26. The monoisotopic (exact) mass is 328 g/mol. The van der Waals surface area contributed by atoms with E-state index in [0.717, 1.165) is 25.0 Å². The summed E-state index contributed by atoms with van der Waals surface area (Å²) in [5.74, 6) is 0.581. The summed E-state index contributed by atoms with van der Waals surface area (Å²) < 4.78 is 0. The predicted molar refractivity (Wildman–Crippen MR) is 90.4 cm³/mol. The highest BCUT2D eigenvalue weighted by molar-refractivity contribution is 6.13. The van der Waals surface area contributed by atoms with Crippen LogP contribution >= 0.6 is 0 Å². The summed E-state index contributed by atoms with van der Waals surface area (Å²) in [4.78, 5) is 39.1. The van der Waals surface area contributed by atoms with Gasteiger partial charge in [-0.25, -0.2) is 0 Å². The van der Waals surface area contributed by atoms with Crippen molar-refractivity contribution in [3.8, 4) is 0 Å². The van der Waals surface area contributed by atoms with Crippen molar-refractivity contribution in [2.45, 2.75) is 39.2 Å². The molecule has 0 N–H and O–H groups in total. The Hall–Kier alpha value is -2.17. The fourth-order valence-electron chi connectivity index (χ4n) is 4.08. The third-order valence-corrected chi connectivity index (χ3v) is 5.68. The lowest BCUT2D eigenvalue weighted by molar-refractivity contribution is -0.142. The standard InChI is InChI=1S/C19H24N2O3/c1-12-4-6-15(10-16(12)21-18(23)8-9-19(21)24)13(2)11-20-14(3)5-7-17(20)22/h5,7-9,12-13,15-16H,3-4,6,10-11H2,1-2H3. The third-order valence-electron chi connectivity index (χ3n) is 5.68. The Labute approximate surface area is 142 Å². The molecule has 24 heavy (non-hydrogen) atoms. The van der Waals surface area contributed by atoms with Crippen LogP contribution in [0.1, 0.15) is 33.1 Å². The zero-order valence-electron chi connectivity index (χ0n) is 14.3. The van der Waals surface area contributed by atoms with Crippen molar-refractivity contribution in [1.82, 2.24) is 9.80 Å². The van der Waals surface area contributed by atoms with Gasteiger partial charge < -0.3 is 4.90 Å². The Balaban J connectivity index is 1.66. The zero-order valence-corrected chi connectivity index (χ0v) is 14.3. The molecule has 1 aliphatic carbocycles. The molecule has 5 heteroatoms. The molecule has 1 fully saturated rings. The van der Waals surface area contributed by atoms with E-state index >= 15 is 0 Å². The number of allylic oxidation sites excluding steroid dienone is 1. The Bertz CT molecular complexity index is 613. The molecule has 3 amide bonds. The number of nitrogens with zero attached hydrogens (tertiary/aromatic N) is 2. The Kier molecular flexibility index (Phi) is 4.43. The average Bonchev–Trinajstić information content (AvgIpc) is 3.04. The Morgan fingerprint density at radius 2 is 1.71 bits per heavy atom. The minimum Gasteiger partial charge on any atom is -0.309 e. The lowest BCUT2D eigenvalue weighted by Crippen LogP contribution is -2.48. The maximum absolute atomic E-state index is 12.0. The molecule has 2 heterocycles. The van der Waals surface area contributed by atoms with Crippen molar-refractivity contribution in [2.75, 3.05) is 6.54 Å². The molecule has 0 saturated heterocycles. The van der Waals surface area contributed by atoms with E-state index in [-0.39, 0.29) is 23.8 Å². The van der Waals surface area contributed by atoms with E-state index in [9.17, 15) is 14.4 Å². The number of rotatable bonds is 4. The van der Waals surface area contributed by atoms with Gasteiger partial charge in [0.2, 0.25) is 0 Å². The van der Waals surface area contributed by atoms with Crippen LogP contribution in [0.2, 0.25) is 0 Å². The van der Waals surface area contributed by atoms with Crippen LogP contribution in [0.25, 0.3) is 0 Å². The van der Waals surface area contributed by atoms with Gasteiger partial charge in [-0.15, -0.1) is 0 Å². The van der Waals surface area contributed by atoms with E-state index < -0.39 is 0 Å². The van der Waals surface area contributed by atoms with E-state index in [1.54, 1.807) is 17.1 Å². The first-order valence-electron chi connectivity index (χ1n) is 8.62. The highest BCUT2D eigenvalue weighted by Crippen LogP contribution is 2.37. The van der Waals surface area contributed by atoms with Crippen LogP contribution in [-0.4, -0.2) is 40.1 Å². The molecular formula is C19H24N2O3. The van der Waals surface area contributed by atoms with Crippen molar-refractivity contribution in [3.05, 3.63) is 36.6 Å². The molecule has 3 aliphatic rings. The van der Waals surface area contributed by atoms with Gasteiger partial charge in [-0.1, -0.05) is 20.4 Å². The van der Waals surface area contributed by atoms with Crippen LogP contribution in [0.3, 0.4) is 0 Å². The normalized spacial score (nSPS) is 31.5. The fourth-order valence-corrected chi connectivity index (χ4v) is 4.08. The molecular weight excluding hydrogens is 304 g/mol. The molecule has 5 nitrogen and oxygen atoms in total.